The Balaban J connectivity index is 2.03. The zero-order valence-corrected chi connectivity index (χ0v) is 19.9. The van der Waals surface area contributed by atoms with Gasteiger partial charge in [0, 0.05) is 22.5 Å². The average Bonchev–Trinajstić information content (AvgIpc) is 3.26. The summed E-state index contributed by atoms with van der Waals surface area (Å²) in [7, 11) is -2.65. The number of anilines is 1. The number of halogens is 1. The number of aromatic nitrogens is 1. The predicted molar refractivity (Wildman–Crippen MR) is 125 cm³/mol. The number of aryl methyl sites for hydroxylation is 1. The number of benzene rings is 2. The summed E-state index contributed by atoms with van der Waals surface area (Å²) in [5, 5.41) is 3.03. The van der Waals surface area contributed by atoms with Crippen LogP contribution in [0, 0.1) is 0 Å². The molecule has 0 spiro atoms. The van der Waals surface area contributed by atoms with Crippen LogP contribution in [0.3, 0.4) is 0 Å². The fourth-order valence-electron chi connectivity index (χ4n) is 3.12. The molecule has 9 heteroatoms. The van der Waals surface area contributed by atoms with Crippen LogP contribution in [0.2, 0.25) is 5.02 Å². The molecule has 0 N–H and O–H groups in total. The Kier molecular flexibility index (Phi) is 7.35. The third-order valence-corrected chi connectivity index (χ3v) is 7.65. The second-order valence-electron chi connectivity index (χ2n) is 6.76. The van der Waals surface area contributed by atoms with E-state index in [-0.39, 0.29) is 17.0 Å². The van der Waals surface area contributed by atoms with E-state index in [9.17, 15) is 13.2 Å². The maximum atomic E-state index is 13.5. The van der Waals surface area contributed by atoms with Crippen molar-refractivity contribution in [3.8, 4) is 10.6 Å². The van der Waals surface area contributed by atoms with Gasteiger partial charge < -0.3 is 4.74 Å². The van der Waals surface area contributed by atoms with Gasteiger partial charge in [-0.1, -0.05) is 43.6 Å². The third kappa shape index (κ3) is 4.92. The Morgan fingerprint density at radius 3 is 2.48 bits per heavy atom. The lowest BCUT2D eigenvalue weighted by Gasteiger charge is -2.22. The van der Waals surface area contributed by atoms with Gasteiger partial charge in [-0.2, -0.15) is 0 Å². The van der Waals surface area contributed by atoms with Crippen molar-refractivity contribution in [1.82, 2.24) is 4.98 Å². The van der Waals surface area contributed by atoms with Gasteiger partial charge in [0.15, 0.2) is 5.82 Å². The molecule has 31 heavy (non-hydrogen) atoms. The molecular weight excluding hydrogens is 456 g/mol. The van der Waals surface area contributed by atoms with E-state index < -0.39 is 16.0 Å². The molecule has 0 atom stereocenters. The van der Waals surface area contributed by atoms with E-state index in [1.807, 2.05) is 26.0 Å². The van der Waals surface area contributed by atoms with Crippen LogP contribution in [0.15, 0.2) is 52.7 Å². The van der Waals surface area contributed by atoms with Gasteiger partial charge in [0.2, 0.25) is 0 Å². The first-order valence-electron chi connectivity index (χ1n) is 9.77. The highest BCUT2D eigenvalue weighted by Crippen LogP contribution is 2.32. The highest BCUT2D eigenvalue weighted by Gasteiger charge is 2.28. The number of carbonyl (C=O) groups is 1. The van der Waals surface area contributed by atoms with E-state index in [0.29, 0.717) is 28.7 Å². The lowest BCUT2D eigenvalue weighted by atomic mass is 10.1. The van der Waals surface area contributed by atoms with Crippen molar-refractivity contribution in [2.24, 2.45) is 0 Å². The number of methoxy groups -OCH3 is 1. The van der Waals surface area contributed by atoms with E-state index in [0.717, 1.165) is 11.1 Å². The van der Waals surface area contributed by atoms with E-state index >= 15 is 0 Å². The van der Waals surface area contributed by atoms with Crippen LogP contribution in [0.4, 0.5) is 5.82 Å². The Morgan fingerprint density at radius 1 is 1.16 bits per heavy atom. The second-order valence-corrected chi connectivity index (χ2v) is 9.92. The smallest absolute Gasteiger partial charge is 0.338 e. The normalized spacial score (nSPS) is 11.4. The van der Waals surface area contributed by atoms with Crippen LogP contribution < -0.4 is 4.31 Å². The SMILES string of the molecule is CCCN(c1csc(-c2ccc(Cl)cc2)n1)S(=O)(=O)c1ccc(CC)c(C(=O)OC)c1. The summed E-state index contributed by atoms with van der Waals surface area (Å²) in [5.41, 5.74) is 1.84. The van der Waals surface area contributed by atoms with Crippen molar-refractivity contribution in [3.05, 3.63) is 64.0 Å². The summed E-state index contributed by atoms with van der Waals surface area (Å²) < 4.78 is 33.1. The molecule has 1 aromatic heterocycles. The number of hydrogen-bond donors (Lipinski definition) is 0. The first kappa shape index (κ1) is 23.2. The van der Waals surface area contributed by atoms with Gasteiger partial charge in [-0.05, 0) is 42.7 Å². The molecule has 0 amide bonds. The Hall–Kier alpha value is -2.42. The van der Waals surface area contributed by atoms with E-state index in [2.05, 4.69) is 4.98 Å². The van der Waals surface area contributed by atoms with Gasteiger partial charge in [-0.15, -0.1) is 11.3 Å². The maximum Gasteiger partial charge on any atom is 0.338 e. The van der Waals surface area contributed by atoms with Crippen molar-refractivity contribution in [3.63, 3.8) is 0 Å². The zero-order chi connectivity index (χ0) is 22.6. The summed E-state index contributed by atoms with van der Waals surface area (Å²) >= 11 is 7.31. The molecule has 0 fully saturated rings. The lowest BCUT2D eigenvalue weighted by molar-refractivity contribution is 0.0599. The number of hydrogen-bond acceptors (Lipinski definition) is 6. The van der Waals surface area contributed by atoms with Gasteiger partial charge in [-0.25, -0.2) is 22.5 Å². The lowest BCUT2D eigenvalue weighted by Crippen LogP contribution is -2.32. The molecule has 0 aliphatic carbocycles. The van der Waals surface area contributed by atoms with Crippen LogP contribution in [0.1, 0.15) is 36.2 Å². The van der Waals surface area contributed by atoms with E-state index in [1.54, 1.807) is 23.6 Å². The molecule has 3 rings (SSSR count). The minimum Gasteiger partial charge on any atom is -0.465 e. The highest BCUT2D eigenvalue weighted by molar-refractivity contribution is 7.92. The Labute approximate surface area is 191 Å². The average molecular weight is 479 g/mol. The summed E-state index contributed by atoms with van der Waals surface area (Å²) in [6.45, 7) is 4.05. The number of esters is 1. The number of rotatable bonds is 8. The summed E-state index contributed by atoms with van der Waals surface area (Å²) in [6, 6.07) is 11.8. The minimum absolute atomic E-state index is 0.0274. The fourth-order valence-corrected chi connectivity index (χ4v) is 5.65. The van der Waals surface area contributed by atoms with Crippen molar-refractivity contribution in [1.29, 1.82) is 0 Å². The Morgan fingerprint density at radius 2 is 1.87 bits per heavy atom. The van der Waals surface area contributed by atoms with Crippen molar-refractivity contribution in [2.45, 2.75) is 31.6 Å². The molecule has 0 saturated carbocycles. The van der Waals surface area contributed by atoms with Crippen LogP contribution in [0.5, 0.6) is 0 Å². The molecule has 0 aliphatic rings. The third-order valence-electron chi connectivity index (χ3n) is 4.72. The minimum atomic E-state index is -3.93. The van der Waals surface area contributed by atoms with Crippen LogP contribution in [-0.4, -0.2) is 33.0 Å². The zero-order valence-electron chi connectivity index (χ0n) is 17.5. The van der Waals surface area contributed by atoms with Crippen molar-refractivity contribution < 1.29 is 17.9 Å². The summed E-state index contributed by atoms with van der Waals surface area (Å²) in [6.07, 6.45) is 1.18. The molecule has 2 aromatic carbocycles. The van der Waals surface area contributed by atoms with Gasteiger partial charge in [0.25, 0.3) is 10.0 Å². The van der Waals surface area contributed by atoms with E-state index in [1.165, 1.54) is 34.9 Å². The number of nitrogens with zero attached hydrogens (tertiary/aromatic N) is 2. The first-order chi connectivity index (χ1) is 14.8. The monoisotopic (exact) mass is 478 g/mol. The van der Waals surface area contributed by atoms with Gasteiger partial charge in [-0.3, -0.25) is 0 Å². The van der Waals surface area contributed by atoms with Crippen LogP contribution >= 0.6 is 22.9 Å². The van der Waals surface area contributed by atoms with Gasteiger partial charge in [0.05, 0.1) is 17.6 Å². The molecule has 0 aliphatic heterocycles. The fraction of sp³-hybridized carbons (Fsp3) is 0.273. The second kappa shape index (κ2) is 9.80. The summed E-state index contributed by atoms with van der Waals surface area (Å²) in [5.74, 6) is -0.217. The molecule has 164 valence electrons. The van der Waals surface area contributed by atoms with Crippen LogP contribution in [-0.2, 0) is 21.2 Å². The molecular formula is C22H23ClN2O4S2. The standard InChI is InChI=1S/C22H23ClN2O4S2/c1-4-12-25(20-14-30-21(24-20)16-6-9-17(23)10-7-16)31(27,28)18-11-8-15(5-2)19(13-18)22(26)29-3/h6-11,13-14H,4-5,12H2,1-3H3. The predicted octanol–water partition coefficient (Wildman–Crippen LogP) is 5.42. The molecule has 6 nitrogen and oxygen atoms in total. The number of ether oxygens (including phenoxy) is 1. The molecule has 1 heterocycles. The Bertz CT molecular complexity index is 1170. The van der Waals surface area contributed by atoms with Crippen LogP contribution in [0.25, 0.3) is 10.6 Å². The topological polar surface area (TPSA) is 76.6 Å². The summed E-state index contributed by atoms with van der Waals surface area (Å²) in [4.78, 5) is 16.8. The quantitative estimate of drug-likeness (QED) is 0.404. The van der Waals surface area contributed by atoms with Crippen molar-refractivity contribution >= 4 is 44.7 Å². The first-order valence-corrected chi connectivity index (χ1v) is 12.5. The highest BCUT2D eigenvalue weighted by atomic mass is 35.5. The van der Waals surface area contributed by atoms with Gasteiger partial charge in [0.1, 0.15) is 5.01 Å². The largest absolute Gasteiger partial charge is 0.465 e. The number of thiazole rings is 1. The molecule has 3 aromatic rings. The van der Waals surface area contributed by atoms with E-state index in [4.69, 9.17) is 16.3 Å². The molecule has 0 unspecified atom stereocenters. The van der Waals surface area contributed by atoms with Crippen molar-refractivity contribution in [2.75, 3.05) is 18.0 Å². The van der Waals surface area contributed by atoms with Gasteiger partial charge >= 0.3 is 5.97 Å². The maximum absolute atomic E-state index is 13.5. The molecule has 0 bridgehead atoms. The number of carbonyl (C=O) groups excluding carboxylic acids is 1. The molecule has 0 radical (unpaired) electrons. The molecule has 0 saturated heterocycles. The number of sulfonamides is 1.